The number of hydrogen-bond acceptors (Lipinski definition) is 5. The molecule has 0 saturated carbocycles. The molecule has 2 aromatic heterocycles. The summed E-state index contributed by atoms with van der Waals surface area (Å²) in [6.07, 6.45) is 1.54. The van der Waals surface area contributed by atoms with Gasteiger partial charge in [-0.2, -0.15) is 10.2 Å². The van der Waals surface area contributed by atoms with E-state index < -0.39 is 10.0 Å². The van der Waals surface area contributed by atoms with Crippen molar-refractivity contribution in [2.24, 2.45) is 7.05 Å². The lowest BCUT2D eigenvalue weighted by molar-refractivity contribution is 0.539. The quantitative estimate of drug-likeness (QED) is 0.871. The molecule has 20 heavy (non-hydrogen) atoms. The van der Waals surface area contributed by atoms with Crippen LogP contribution in [-0.2, 0) is 17.1 Å². The Morgan fingerprint density at radius 1 is 1.40 bits per heavy atom. The Morgan fingerprint density at radius 2 is 2.05 bits per heavy atom. The molecule has 0 aliphatic heterocycles. The highest BCUT2D eigenvalue weighted by molar-refractivity contribution is 7.93. The topological polar surface area (TPSA) is 108 Å². The summed E-state index contributed by atoms with van der Waals surface area (Å²) in [5.41, 5.74) is 6.16. The van der Waals surface area contributed by atoms with Crippen molar-refractivity contribution in [1.82, 2.24) is 19.6 Å². The number of rotatable bonds is 4. The highest BCUT2D eigenvalue weighted by Crippen LogP contribution is 2.24. The maximum Gasteiger partial charge on any atom is 0.268 e. The minimum absolute atomic E-state index is 0.00324. The lowest BCUT2D eigenvalue weighted by Crippen LogP contribution is -2.18. The van der Waals surface area contributed by atoms with Crippen LogP contribution in [0.2, 0.25) is 0 Å². The van der Waals surface area contributed by atoms with Crippen molar-refractivity contribution >= 4 is 21.7 Å². The summed E-state index contributed by atoms with van der Waals surface area (Å²) in [5.74, 6) is 0.371. The summed E-state index contributed by atoms with van der Waals surface area (Å²) < 4.78 is 30.4. The first-order valence-electron chi connectivity index (χ1n) is 6.09. The van der Waals surface area contributed by atoms with E-state index in [1.807, 2.05) is 13.8 Å². The van der Waals surface area contributed by atoms with Crippen LogP contribution in [0, 0.1) is 6.92 Å². The minimum atomic E-state index is -3.80. The first kappa shape index (κ1) is 14.4. The van der Waals surface area contributed by atoms with Gasteiger partial charge in [-0.15, -0.1) is 0 Å². The molecule has 0 saturated heterocycles. The van der Waals surface area contributed by atoms with Crippen molar-refractivity contribution in [2.45, 2.75) is 31.7 Å². The first-order valence-corrected chi connectivity index (χ1v) is 7.57. The zero-order valence-corrected chi connectivity index (χ0v) is 12.6. The van der Waals surface area contributed by atoms with Gasteiger partial charge < -0.3 is 5.73 Å². The largest absolute Gasteiger partial charge is 0.381 e. The summed E-state index contributed by atoms with van der Waals surface area (Å²) in [4.78, 5) is -0.00324. The van der Waals surface area contributed by atoms with Gasteiger partial charge in [0, 0.05) is 19.2 Å². The molecule has 8 nitrogen and oxygen atoms in total. The predicted molar refractivity (Wildman–Crippen MR) is 75.8 cm³/mol. The van der Waals surface area contributed by atoms with E-state index in [1.165, 1.54) is 10.9 Å². The number of anilines is 2. The van der Waals surface area contributed by atoms with Crippen LogP contribution in [0.4, 0.5) is 11.6 Å². The van der Waals surface area contributed by atoms with Gasteiger partial charge in [-0.1, -0.05) is 0 Å². The smallest absolute Gasteiger partial charge is 0.268 e. The number of nitrogens with two attached hydrogens (primary N) is 1. The Bertz CT molecular complexity index is 728. The van der Waals surface area contributed by atoms with E-state index in [2.05, 4.69) is 14.9 Å². The van der Waals surface area contributed by atoms with Crippen LogP contribution in [0.5, 0.6) is 0 Å². The van der Waals surface area contributed by atoms with Crippen molar-refractivity contribution in [2.75, 3.05) is 10.5 Å². The van der Waals surface area contributed by atoms with Gasteiger partial charge in [0.25, 0.3) is 10.0 Å². The molecule has 3 N–H and O–H groups in total. The van der Waals surface area contributed by atoms with E-state index in [4.69, 9.17) is 5.73 Å². The van der Waals surface area contributed by atoms with Crippen LogP contribution in [0.1, 0.15) is 25.6 Å². The number of aryl methyl sites for hydroxylation is 1. The van der Waals surface area contributed by atoms with E-state index in [1.54, 1.807) is 24.7 Å². The van der Waals surface area contributed by atoms with Crippen molar-refractivity contribution in [3.63, 3.8) is 0 Å². The number of nitrogen functional groups attached to an aromatic ring is 1. The fourth-order valence-electron chi connectivity index (χ4n) is 1.94. The Morgan fingerprint density at radius 3 is 2.55 bits per heavy atom. The van der Waals surface area contributed by atoms with Gasteiger partial charge in [0.05, 0.1) is 11.9 Å². The third kappa shape index (κ3) is 2.36. The third-order valence-corrected chi connectivity index (χ3v) is 4.49. The molecule has 0 aliphatic rings. The van der Waals surface area contributed by atoms with Crippen LogP contribution >= 0.6 is 0 Å². The number of hydrogen-bond donors (Lipinski definition) is 2. The molecule has 2 aromatic rings. The monoisotopic (exact) mass is 298 g/mol. The van der Waals surface area contributed by atoms with Gasteiger partial charge in [0.2, 0.25) is 0 Å². The van der Waals surface area contributed by atoms with Gasteiger partial charge in [0.1, 0.15) is 5.82 Å². The molecule has 0 fully saturated rings. The predicted octanol–water partition coefficient (Wildman–Crippen LogP) is 0.889. The Balaban J connectivity index is 2.44. The second-order valence-electron chi connectivity index (χ2n) is 4.78. The maximum atomic E-state index is 12.4. The first-order chi connectivity index (χ1) is 9.24. The summed E-state index contributed by atoms with van der Waals surface area (Å²) >= 11 is 0. The molecule has 0 aromatic carbocycles. The Labute approximate surface area is 117 Å². The normalized spacial score (nSPS) is 12.1. The Hall–Kier alpha value is -2.03. The lowest BCUT2D eigenvalue weighted by atomic mass is 10.4. The second-order valence-corrected chi connectivity index (χ2v) is 6.40. The molecule has 0 atom stereocenters. The second kappa shape index (κ2) is 4.82. The van der Waals surface area contributed by atoms with Crippen LogP contribution in [0.3, 0.4) is 0 Å². The molecule has 0 spiro atoms. The zero-order valence-electron chi connectivity index (χ0n) is 11.8. The molecule has 110 valence electrons. The highest BCUT2D eigenvalue weighted by Gasteiger charge is 2.26. The van der Waals surface area contributed by atoms with Gasteiger partial charge >= 0.3 is 0 Å². The number of nitrogens with one attached hydrogen (secondary N) is 1. The van der Waals surface area contributed by atoms with Gasteiger partial charge in [-0.05, 0) is 20.8 Å². The molecule has 2 rings (SSSR count). The summed E-state index contributed by atoms with van der Waals surface area (Å²) in [6, 6.07) is 1.63. The SMILES string of the molecule is Cc1c(S(=O)(=O)Nc2ccnn2C(C)C)c(N)nn1C. The van der Waals surface area contributed by atoms with E-state index in [-0.39, 0.29) is 16.8 Å². The van der Waals surface area contributed by atoms with Crippen LogP contribution in [-0.4, -0.2) is 28.0 Å². The highest BCUT2D eigenvalue weighted by atomic mass is 32.2. The average molecular weight is 298 g/mol. The fraction of sp³-hybridized carbons (Fsp3) is 0.455. The van der Waals surface area contributed by atoms with Gasteiger partial charge in [0.15, 0.2) is 10.7 Å². The van der Waals surface area contributed by atoms with Gasteiger partial charge in [-0.3, -0.25) is 9.40 Å². The zero-order chi connectivity index (χ0) is 15.1. The summed E-state index contributed by atoms with van der Waals surface area (Å²) in [6.45, 7) is 5.47. The third-order valence-electron chi connectivity index (χ3n) is 2.97. The van der Waals surface area contributed by atoms with Crippen molar-refractivity contribution in [1.29, 1.82) is 0 Å². The summed E-state index contributed by atoms with van der Waals surface area (Å²) in [7, 11) is -2.16. The number of sulfonamides is 1. The van der Waals surface area contributed by atoms with Crippen molar-refractivity contribution < 1.29 is 8.42 Å². The van der Waals surface area contributed by atoms with E-state index in [9.17, 15) is 8.42 Å². The Kier molecular flexibility index (Phi) is 3.46. The molecule has 0 amide bonds. The molecule has 0 unspecified atom stereocenters. The molecule has 9 heteroatoms. The standard InChI is InChI=1S/C11H18N6O2S/c1-7(2)17-9(5-6-13-17)15-20(18,19)10-8(3)16(4)14-11(10)12/h5-7,15H,1-4H3,(H2,12,14). The molecule has 0 aliphatic carbocycles. The van der Waals surface area contributed by atoms with Gasteiger partial charge in [-0.25, -0.2) is 13.1 Å². The molecule has 0 bridgehead atoms. The lowest BCUT2D eigenvalue weighted by Gasteiger charge is -2.13. The van der Waals surface area contributed by atoms with Crippen LogP contribution in [0.15, 0.2) is 17.2 Å². The van der Waals surface area contributed by atoms with E-state index in [0.29, 0.717) is 11.5 Å². The maximum absolute atomic E-state index is 12.4. The minimum Gasteiger partial charge on any atom is -0.381 e. The van der Waals surface area contributed by atoms with Crippen LogP contribution in [0.25, 0.3) is 0 Å². The summed E-state index contributed by atoms with van der Waals surface area (Å²) in [5, 5.41) is 8.00. The average Bonchev–Trinajstić information content (AvgIpc) is 2.84. The van der Waals surface area contributed by atoms with Crippen molar-refractivity contribution in [3.05, 3.63) is 18.0 Å². The molecule has 0 radical (unpaired) electrons. The van der Waals surface area contributed by atoms with E-state index >= 15 is 0 Å². The molecule has 2 heterocycles. The number of nitrogens with zero attached hydrogens (tertiary/aromatic N) is 4. The fourth-order valence-corrected chi connectivity index (χ4v) is 3.32. The molecular formula is C11H18N6O2S. The van der Waals surface area contributed by atoms with E-state index in [0.717, 1.165) is 0 Å². The van der Waals surface area contributed by atoms with Crippen molar-refractivity contribution in [3.8, 4) is 0 Å². The van der Waals surface area contributed by atoms with Crippen LogP contribution < -0.4 is 10.5 Å². The number of aromatic nitrogens is 4. The molecular weight excluding hydrogens is 280 g/mol.